The Bertz CT molecular complexity index is 338. The summed E-state index contributed by atoms with van der Waals surface area (Å²) < 4.78 is 44.8. The van der Waals surface area contributed by atoms with Gasteiger partial charge < -0.3 is 14.5 Å². The number of nitrogens with one attached hydrogen (secondary N) is 1. The minimum Gasteiger partial charge on any atom is -0.421 e. The molecule has 0 fully saturated rings. The molecule has 1 rings (SSSR count). The zero-order valence-corrected chi connectivity index (χ0v) is 9.54. The van der Waals surface area contributed by atoms with Crippen molar-refractivity contribution in [2.75, 3.05) is 6.61 Å². The summed E-state index contributed by atoms with van der Waals surface area (Å²) in [6.07, 6.45) is -4.35. The van der Waals surface area contributed by atoms with Gasteiger partial charge in [0.05, 0.1) is 6.54 Å². The summed E-state index contributed by atoms with van der Waals surface area (Å²) in [5.74, 6) is 0.360. The van der Waals surface area contributed by atoms with E-state index >= 15 is 0 Å². The first-order valence-corrected chi connectivity index (χ1v) is 5.06. The van der Waals surface area contributed by atoms with Crippen LogP contribution in [0.4, 0.5) is 13.2 Å². The predicted molar refractivity (Wildman–Crippen MR) is 52.0 cm³/mol. The number of hydrogen-bond donors (Lipinski definition) is 1. The van der Waals surface area contributed by atoms with Crippen LogP contribution in [-0.4, -0.2) is 29.0 Å². The molecule has 0 aliphatic heterocycles. The number of nitrogens with zero attached hydrogens (tertiary/aromatic N) is 2. The first-order valence-electron chi connectivity index (χ1n) is 5.06. The average molecular weight is 253 g/mol. The third-order valence-corrected chi connectivity index (χ3v) is 1.66. The monoisotopic (exact) mass is 253 g/mol. The molecule has 0 bridgehead atoms. The van der Waals surface area contributed by atoms with Crippen molar-refractivity contribution in [3.8, 4) is 0 Å². The van der Waals surface area contributed by atoms with Crippen LogP contribution in [0.3, 0.4) is 0 Å². The standard InChI is InChI=1S/C9H14F3N3O2/c1-6(2)13-3-7-14-15-8(17-7)4-16-5-9(10,11)12/h6,13H,3-5H2,1-2H3. The van der Waals surface area contributed by atoms with Crippen molar-refractivity contribution in [2.24, 2.45) is 0 Å². The first-order chi connectivity index (χ1) is 7.87. The SMILES string of the molecule is CC(C)NCc1nnc(COCC(F)(F)F)o1. The third-order valence-electron chi connectivity index (χ3n) is 1.66. The minimum atomic E-state index is -4.35. The van der Waals surface area contributed by atoms with Gasteiger partial charge in [-0.1, -0.05) is 13.8 Å². The van der Waals surface area contributed by atoms with Gasteiger partial charge in [-0.05, 0) is 0 Å². The molecule has 98 valence electrons. The zero-order valence-electron chi connectivity index (χ0n) is 9.54. The number of halogens is 3. The van der Waals surface area contributed by atoms with Gasteiger partial charge in [0.1, 0.15) is 13.2 Å². The van der Waals surface area contributed by atoms with Crippen LogP contribution in [0.25, 0.3) is 0 Å². The maximum atomic E-state index is 11.8. The fourth-order valence-corrected chi connectivity index (χ4v) is 0.964. The van der Waals surface area contributed by atoms with Gasteiger partial charge in [0.15, 0.2) is 0 Å². The highest BCUT2D eigenvalue weighted by Gasteiger charge is 2.27. The van der Waals surface area contributed by atoms with E-state index < -0.39 is 12.8 Å². The summed E-state index contributed by atoms with van der Waals surface area (Å²) in [7, 11) is 0. The number of alkyl halides is 3. The molecule has 1 heterocycles. The molecule has 0 spiro atoms. The van der Waals surface area contributed by atoms with E-state index in [0.29, 0.717) is 12.4 Å². The second-order valence-electron chi connectivity index (χ2n) is 3.73. The number of aromatic nitrogens is 2. The van der Waals surface area contributed by atoms with Crippen LogP contribution >= 0.6 is 0 Å². The number of rotatable bonds is 6. The van der Waals surface area contributed by atoms with Crippen molar-refractivity contribution in [3.63, 3.8) is 0 Å². The lowest BCUT2D eigenvalue weighted by Crippen LogP contribution is -2.21. The van der Waals surface area contributed by atoms with E-state index in [4.69, 9.17) is 4.42 Å². The summed E-state index contributed by atoms with van der Waals surface area (Å²) >= 11 is 0. The van der Waals surface area contributed by atoms with E-state index in [1.807, 2.05) is 13.8 Å². The zero-order chi connectivity index (χ0) is 12.9. The van der Waals surface area contributed by atoms with Gasteiger partial charge in [0.25, 0.3) is 0 Å². The Balaban J connectivity index is 2.31. The summed E-state index contributed by atoms with van der Waals surface area (Å²) in [4.78, 5) is 0. The van der Waals surface area contributed by atoms with Crippen LogP contribution in [0, 0.1) is 0 Å². The van der Waals surface area contributed by atoms with Gasteiger partial charge in [-0.25, -0.2) is 0 Å². The minimum absolute atomic E-state index is 0.0369. The molecule has 0 radical (unpaired) electrons. The molecule has 0 saturated heterocycles. The lowest BCUT2D eigenvalue weighted by atomic mass is 10.4. The lowest BCUT2D eigenvalue weighted by molar-refractivity contribution is -0.177. The Hall–Kier alpha value is -1.15. The Morgan fingerprint density at radius 2 is 1.94 bits per heavy atom. The fourth-order valence-electron chi connectivity index (χ4n) is 0.964. The second-order valence-corrected chi connectivity index (χ2v) is 3.73. The Labute approximate surface area is 96.3 Å². The molecule has 17 heavy (non-hydrogen) atoms. The van der Waals surface area contributed by atoms with Crippen LogP contribution in [0.15, 0.2) is 4.42 Å². The molecule has 5 nitrogen and oxygen atoms in total. The Morgan fingerprint density at radius 1 is 1.29 bits per heavy atom. The van der Waals surface area contributed by atoms with E-state index in [0.717, 1.165) is 0 Å². The first kappa shape index (κ1) is 13.9. The van der Waals surface area contributed by atoms with Crippen molar-refractivity contribution >= 4 is 0 Å². The van der Waals surface area contributed by atoms with Crippen molar-refractivity contribution in [1.82, 2.24) is 15.5 Å². The molecule has 0 unspecified atom stereocenters. The number of ether oxygens (including phenoxy) is 1. The highest BCUT2D eigenvalue weighted by Crippen LogP contribution is 2.15. The molecule has 1 aromatic rings. The topological polar surface area (TPSA) is 60.2 Å². The van der Waals surface area contributed by atoms with Crippen LogP contribution in [-0.2, 0) is 17.9 Å². The second kappa shape index (κ2) is 5.97. The van der Waals surface area contributed by atoms with Crippen LogP contribution in [0.1, 0.15) is 25.6 Å². The van der Waals surface area contributed by atoms with E-state index in [1.54, 1.807) is 0 Å². The molecule has 0 atom stereocenters. The van der Waals surface area contributed by atoms with E-state index in [9.17, 15) is 13.2 Å². The van der Waals surface area contributed by atoms with E-state index in [1.165, 1.54) is 0 Å². The van der Waals surface area contributed by atoms with Crippen molar-refractivity contribution in [3.05, 3.63) is 11.8 Å². The molecule has 8 heteroatoms. The quantitative estimate of drug-likeness (QED) is 0.835. The molecule has 0 aromatic carbocycles. The maximum Gasteiger partial charge on any atom is 0.411 e. The van der Waals surface area contributed by atoms with Gasteiger partial charge in [-0.15, -0.1) is 10.2 Å². The molecule has 1 aromatic heterocycles. The van der Waals surface area contributed by atoms with Crippen molar-refractivity contribution < 1.29 is 22.3 Å². The molecular formula is C9H14F3N3O2. The highest BCUT2D eigenvalue weighted by atomic mass is 19.4. The van der Waals surface area contributed by atoms with Crippen molar-refractivity contribution in [1.29, 1.82) is 0 Å². The summed E-state index contributed by atoms with van der Waals surface area (Å²) in [6.45, 7) is 2.61. The lowest BCUT2D eigenvalue weighted by Gasteiger charge is -2.05. The Morgan fingerprint density at radius 3 is 2.53 bits per heavy atom. The third kappa shape index (κ3) is 6.22. The van der Waals surface area contributed by atoms with Gasteiger partial charge in [0, 0.05) is 6.04 Å². The molecule has 0 aliphatic carbocycles. The smallest absolute Gasteiger partial charge is 0.411 e. The van der Waals surface area contributed by atoms with Crippen molar-refractivity contribution in [2.45, 2.75) is 39.2 Å². The van der Waals surface area contributed by atoms with E-state index in [2.05, 4.69) is 20.3 Å². The summed E-state index contributed by atoms with van der Waals surface area (Å²) in [5.41, 5.74) is 0. The van der Waals surface area contributed by atoms with Gasteiger partial charge in [-0.2, -0.15) is 13.2 Å². The van der Waals surface area contributed by atoms with Gasteiger partial charge in [0.2, 0.25) is 11.8 Å². The molecule has 1 N–H and O–H groups in total. The normalized spacial score (nSPS) is 12.4. The molecule has 0 saturated carbocycles. The van der Waals surface area contributed by atoms with Gasteiger partial charge >= 0.3 is 6.18 Å². The highest BCUT2D eigenvalue weighted by molar-refractivity contribution is 4.80. The Kier molecular flexibility index (Phi) is 4.88. The van der Waals surface area contributed by atoms with Crippen LogP contribution < -0.4 is 5.32 Å². The predicted octanol–water partition coefficient (Wildman–Crippen LogP) is 1.65. The summed E-state index contributed by atoms with van der Waals surface area (Å²) in [5, 5.41) is 10.3. The maximum absolute atomic E-state index is 11.8. The molecule has 0 amide bonds. The van der Waals surface area contributed by atoms with Gasteiger partial charge in [-0.3, -0.25) is 0 Å². The molecule has 0 aliphatic rings. The van der Waals surface area contributed by atoms with E-state index in [-0.39, 0.29) is 18.5 Å². The van der Waals surface area contributed by atoms with Crippen LogP contribution in [0.2, 0.25) is 0 Å². The summed E-state index contributed by atoms with van der Waals surface area (Å²) in [6, 6.07) is 0.256. The van der Waals surface area contributed by atoms with Crippen LogP contribution in [0.5, 0.6) is 0 Å². The average Bonchev–Trinajstić information content (AvgIpc) is 2.61. The number of hydrogen-bond acceptors (Lipinski definition) is 5. The largest absolute Gasteiger partial charge is 0.421 e. The fraction of sp³-hybridized carbons (Fsp3) is 0.778. The molecular weight excluding hydrogens is 239 g/mol.